The number of alkyl halides is 2. The summed E-state index contributed by atoms with van der Waals surface area (Å²) in [6.45, 7) is 0. The number of thiophene rings is 1. The van der Waals surface area contributed by atoms with Crippen LogP contribution in [0.4, 0.5) is 13.8 Å². The van der Waals surface area contributed by atoms with Crippen molar-refractivity contribution in [3.05, 3.63) is 17.0 Å². The van der Waals surface area contributed by atoms with Gasteiger partial charge in [-0.1, -0.05) is 0 Å². The monoisotopic (exact) mass is 175 g/mol. The molecule has 2 nitrogen and oxygen atoms in total. The van der Waals surface area contributed by atoms with Crippen molar-refractivity contribution in [1.29, 1.82) is 0 Å². The summed E-state index contributed by atoms with van der Waals surface area (Å²) in [5, 5.41) is 1.52. The average Bonchev–Trinajstić information content (AvgIpc) is 2.37. The van der Waals surface area contributed by atoms with E-state index in [1.54, 1.807) is 0 Å². The van der Waals surface area contributed by atoms with Gasteiger partial charge in [-0.25, -0.2) is 13.6 Å². The van der Waals surface area contributed by atoms with E-state index in [-0.39, 0.29) is 10.6 Å². The summed E-state index contributed by atoms with van der Waals surface area (Å²) in [5.41, 5.74) is -0.107. The predicted octanol–water partition coefficient (Wildman–Crippen LogP) is 2.65. The highest BCUT2D eigenvalue weighted by Crippen LogP contribution is 2.29. The molecule has 1 aromatic heterocycles. The summed E-state index contributed by atoms with van der Waals surface area (Å²) >= 11 is 0.993. The van der Waals surface area contributed by atoms with Gasteiger partial charge in [0.25, 0.3) is 6.43 Å². The van der Waals surface area contributed by atoms with Crippen molar-refractivity contribution in [3.8, 4) is 0 Å². The first-order chi connectivity index (χ1) is 5.24. The third-order valence-corrected chi connectivity index (χ3v) is 1.85. The second-order valence-electron chi connectivity index (χ2n) is 1.72. The Bertz CT molecular complexity index is 291. The van der Waals surface area contributed by atoms with Crippen LogP contribution in [-0.2, 0) is 4.79 Å². The SMILES string of the molecule is O=C=Nc1cc(C(F)F)cs1. The Kier molecular flexibility index (Phi) is 2.46. The van der Waals surface area contributed by atoms with Crippen molar-refractivity contribution in [3.63, 3.8) is 0 Å². The van der Waals surface area contributed by atoms with Crippen molar-refractivity contribution in [2.45, 2.75) is 6.43 Å². The molecule has 0 N–H and O–H groups in total. The van der Waals surface area contributed by atoms with Crippen LogP contribution in [0.15, 0.2) is 16.4 Å². The van der Waals surface area contributed by atoms with Gasteiger partial charge >= 0.3 is 0 Å². The number of isocyanates is 1. The highest BCUT2D eigenvalue weighted by Gasteiger charge is 2.08. The molecule has 0 amide bonds. The summed E-state index contributed by atoms with van der Waals surface area (Å²) in [6, 6.07) is 1.17. The minimum atomic E-state index is -2.50. The molecule has 0 aromatic carbocycles. The molecule has 0 aliphatic rings. The molecule has 0 aliphatic heterocycles. The van der Waals surface area contributed by atoms with E-state index in [1.165, 1.54) is 17.5 Å². The molecule has 0 spiro atoms. The molecule has 0 saturated carbocycles. The second kappa shape index (κ2) is 3.37. The Balaban J connectivity index is 2.90. The van der Waals surface area contributed by atoms with E-state index in [0.29, 0.717) is 0 Å². The van der Waals surface area contributed by atoms with Gasteiger partial charge in [-0.15, -0.1) is 11.3 Å². The largest absolute Gasteiger partial charge is 0.264 e. The van der Waals surface area contributed by atoms with Crippen LogP contribution in [0.2, 0.25) is 0 Å². The van der Waals surface area contributed by atoms with Gasteiger partial charge in [-0.3, -0.25) is 0 Å². The van der Waals surface area contributed by atoms with Gasteiger partial charge in [0.15, 0.2) is 0 Å². The van der Waals surface area contributed by atoms with E-state index in [2.05, 4.69) is 4.99 Å². The Morgan fingerprint density at radius 2 is 2.36 bits per heavy atom. The molecule has 0 aliphatic carbocycles. The Morgan fingerprint density at radius 1 is 1.64 bits per heavy atom. The zero-order valence-corrected chi connectivity index (χ0v) is 6.07. The van der Waals surface area contributed by atoms with Gasteiger partial charge in [0.05, 0.1) is 0 Å². The van der Waals surface area contributed by atoms with E-state index < -0.39 is 6.43 Å². The van der Waals surface area contributed by atoms with E-state index in [4.69, 9.17) is 0 Å². The lowest BCUT2D eigenvalue weighted by molar-refractivity contribution is 0.152. The van der Waals surface area contributed by atoms with E-state index in [0.717, 1.165) is 11.3 Å². The first kappa shape index (κ1) is 8.04. The molecule has 0 fully saturated rings. The van der Waals surface area contributed by atoms with Crippen LogP contribution >= 0.6 is 11.3 Å². The van der Waals surface area contributed by atoms with Crippen LogP contribution in [0.3, 0.4) is 0 Å². The van der Waals surface area contributed by atoms with Crippen molar-refractivity contribution in [1.82, 2.24) is 0 Å². The van der Waals surface area contributed by atoms with E-state index in [1.807, 2.05) is 0 Å². The highest BCUT2D eigenvalue weighted by atomic mass is 32.1. The maximum atomic E-state index is 11.9. The molecule has 0 saturated heterocycles. The normalized spacial score (nSPS) is 9.73. The molecule has 0 atom stereocenters. The summed E-state index contributed by atoms with van der Waals surface area (Å²) in [7, 11) is 0. The van der Waals surface area contributed by atoms with Gasteiger partial charge in [0.1, 0.15) is 5.00 Å². The molecule has 5 heteroatoms. The molecule has 0 unspecified atom stereocenters. The summed E-state index contributed by atoms with van der Waals surface area (Å²) in [4.78, 5) is 12.9. The third-order valence-electron chi connectivity index (χ3n) is 1.01. The van der Waals surface area contributed by atoms with Gasteiger partial charge in [-0.05, 0) is 6.07 Å². The fourth-order valence-electron chi connectivity index (χ4n) is 0.557. The first-order valence-corrected chi connectivity index (χ1v) is 3.56. The quantitative estimate of drug-likeness (QED) is 0.501. The minimum Gasteiger partial charge on any atom is -0.211 e. The van der Waals surface area contributed by atoms with Gasteiger partial charge in [0.2, 0.25) is 6.08 Å². The van der Waals surface area contributed by atoms with Crippen LogP contribution in [0, 0.1) is 0 Å². The maximum Gasteiger partial charge on any atom is 0.264 e. The zero-order chi connectivity index (χ0) is 8.27. The van der Waals surface area contributed by atoms with Crippen molar-refractivity contribution < 1.29 is 13.6 Å². The number of nitrogens with zero attached hydrogens (tertiary/aromatic N) is 1. The number of rotatable bonds is 2. The van der Waals surface area contributed by atoms with Crippen LogP contribution in [0.5, 0.6) is 0 Å². The van der Waals surface area contributed by atoms with Crippen molar-refractivity contribution in [2.75, 3.05) is 0 Å². The standard InChI is InChI=1S/C6H3F2NOS/c7-6(8)4-1-5(9-3-10)11-2-4/h1-2,6H. The predicted molar refractivity (Wildman–Crippen MR) is 37.1 cm³/mol. The second-order valence-corrected chi connectivity index (χ2v) is 2.61. The fraction of sp³-hybridized carbons (Fsp3) is 0.167. The van der Waals surface area contributed by atoms with Crippen LogP contribution in [-0.4, -0.2) is 6.08 Å². The smallest absolute Gasteiger partial charge is 0.211 e. The lowest BCUT2D eigenvalue weighted by Crippen LogP contribution is -1.74. The van der Waals surface area contributed by atoms with E-state index in [9.17, 15) is 13.6 Å². The van der Waals surface area contributed by atoms with Crippen molar-refractivity contribution >= 4 is 22.4 Å². The minimum absolute atomic E-state index is 0.107. The molecule has 1 heterocycles. The molecular formula is C6H3F2NOS. The molecule has 0 radical (unpaired) electrons. The summed E-state index contributed by atoms with van der Waals surface area (Å²) < 4.78 is 23.8. The van der Waals surface area contributed by atoms with Gasteiger partial charge in [-0.2, -0.15) is 4.99 Å². The number of aliphatic imine (C=N–C) groups is 1. The third kappa shape index (κ3) is 1.93. The van der Waals surface area contributed by atoms with Crippen LogP contribution in [0.25, 0.3) is 0 Å². The summed E-state index contributed by atoms with van der Waals surface area (Å²) in [5.74, 6) is 0. The highest BCUT2D eigenvalue weighted by molar-refractivity contribution is 7.14. The van der Waals surface area contributed by atoms with Gasteiger partial charge in [0, 0.05) is 10.9 Å². The van der Waals surface area contributed by atoms with Crippen molar-refractivity contribution in [2.24, 2.45) is 4.99 Å². The summed E-state index contributed by atoms with van der Waals surface area (Å²) in [6.07, 6.45) is -1.22. The Hall–Kier alpha value is -1.06. The molecule has 58 valence electrons. The molecule has 11 heavy (non-hydrogen) atoms. The first-order valence-electron chi connectivity index (χ1n) is 2.68. The average molecular weight is 175 g/mol. The zero-order valence-electron chi connectivity index (χ0n) is 5.25. The van der Waals surface area contributed by atoms with Crippen LogP contribution in [0.1, 0.15) is 12.0 Å². The number of halogens is 2. The molecular weight excluding hydrogens is 172 g/mol. The lowest BCUT2D eigenvalue weighted by atomic mass is 10.3. The fourth-order valence-corrected chi connectivity index (χ4v) is 1.28. The molecule has 0 bridgehead atoms. The Morgan fingerprint density at radius 3 is 2.82 bits per heavy atom. The number of hydrogen-bond donors (Lipinski definition) is 0. The Labute approximate surface area is 65.2 Å². The molecule has 1 rings (SSSR count). The number of carbonyl (C=O) groups excluding carboxylic acids is 1. The van der Waals surface area contributed by atoms with E-state index >= 15 is 0 Å². The number of hydrogen-bond acceptors (Lipinski definition) is 3. The van der Waals surface area contributed by atoms with Crippen LogP contribution < -0.4 is 0 Å². The lowest BCUT2D eigenvalue weighted by Gasteiger charge is -1.88. The van der Waals surface area contributed by atoms with Gasteiger partial charge < -0.3 is 0 Å². The topological polar surface area (TPSA) is 29.4 Å². The molecule has 1 aromatic rings. The maximum absolute atomic E-state index is 11.9.